The van der Waals surface area contributed by atoms with Gasteiger partial charge in [-0.1, -0.05) is 0 Å². The number of halogens is 4. The van der Waals surface area contributed by atoms with E-state index in [0.29, 0.717) is 0 Å². The van der Waals surface area contributed by atoms with E-state index in [9.17, 15) is 13.6 Å². The van der Waals surface area contributed by atoms with Crippen LogP contribution in [0.4, 0.5) is 8.78 Å². The molecule has 0 unspecified atom stereocenters. The van der Waals surface area contributed by atoms with Gasteiger partial charge in [-0.25, -0.2) is 8.78 Å². The molecule has 0 aromatic heterocycles. The maximum atomic E-state index is 10.8. The molecule has 0 aliphatic heterocycles. The highest BCUT2D eigenvalue weighted by atomic mass is 127. The Kier molecular flexibility index (Phi) is 7.45. The largest absolute Gasteiger partial charge is 0.305 e. The van der Waals surface area contributed by atoms with Gasteiger partial charge in [0.1, 0.15) is 0 Å². The summed E-state index contributed by atoms with van der Waals surface area (Å²) < 4.78 is 20.5. The second-order valence-corrected chi connectivity index (χ2v) is 1.67. The van der Waals surface area contributed by atoms with E-state index >= 15 is 0 Å². The number of carbonyl (C=O) groups is 1. The minimum Gasteiger partial charge on any atom is -0.281 e. The number of alkyl halides is 2. The van der Waals surface area contributed by atoms with Gasteiger partial charge in [-0.15, -0.1) is 17.0 Å². The summed E-state index contributed by atoms with van der Waals surface area (Å²) in [6.45, 7) is 0. The predicted octanol–water partition coefficient (Wildman–Crippen LogP) is 1.79. The Labute approximate surface area is 63.4 Å². The lowest BCUT2D eigenvalue weighted by Gasteiger charge is -1.80. The van der Waals surface area contributed by atoms with E-state index in [1.165, 1.54) is 0 Å². The molecule has 0 aliphatic carbocycles. The first-order chi connectivity index (χ1) is 2.64. The molecule has 0 saturated carbocycles. The summed E-state index contributed by atoms with van der Waals surface area (Å²) in [6.07, 6.45) is -2.80. The van der Waals surface area contributed by atoms with Crippen LogP contribution in [0.3, 0.4) is 0 Å². The molecule has 0 rings (SSSR count). The zero-order valence-electron chi connectivity index (χ0n) is 3.03. The first kappa shape index (κ1) is 10.7. The van der Waals surface area contributed by atoms with E-state index in [0.717, 1.165) is 22.6 Å². The smallest absolute Gasteiger partial charge is 0.281 e. The van der Waals surface area contributed by atoms with Crippen molar-refractivity contribution in [1.29, 1.82) is 0 Å². The number of hydrogen-bond donors (Lipinski definition) is 0. The fraction of sp³-hybridized carbons (Fsp3) is 0.500. The van der Waals surface area contributed by atoms with Crippen LogP contribution < -0.4 is 0 Å². The summed E-state index contributed by atoms with van der Waals surface area (Å²) >= 11 is 1.04. The van der Waals surface area contributed by atoms with Crippen molar-refractivity contribution in [2.45, 2.75) is 6.43 Å². The fourth-order valence-electron chi connectivity index (χ4n) is 0. The molecule has 5 heteroatoms. The molecule has 0 N–H and O–H groups in total. The Morgan fingerprint density at radius 2 is 1.71 bits per heavy atom. The number of carbonyl (C=O) groups excluding carboxylic acids is 1. The maximum absolute atomic E-state index is 10.8. The van der Waals surface area contributed by atoms with E-state index in [2.05, 4.69) is 0 Å². The van der Waals surface area contributed by atoms with Crippen molar-refractivity contribution in [2.24, 2.45) is 0 Å². The van der Waals surface area contributed by atoms with E-state index < -0.39 is 10.2 Å². The van der Waals surface area contributed by atoms with E-state index in [4.69, 9.17) is 0 Å². The molecule has 1 nitrogen and oxygen atoms in total. The predicted molar refractivity (Wildman–Crippen MR) is 35.4 cm³/mol. The molecule has 0 saturated heterocycles. The average molecular weight is 287 g/mol. The second-order valence-electron chi connectivity index (χ2n) is 0.605. The fourth-order valence-corrected chi connectivity index (χ4v) is 0. The number of hydrogen-bond acceptors (Lipinski definition) is 1. The van der Waals surface area contributed by atoms with Crippen LogP contribution in [-0.2, 0) is 4.79 Å². The third-order valence-electron chi connectivity index (χ3n) is 0.172. The second kappa shape index (κ2) is 4.89. The van der Waals surface area contributed by atoms with Crippen molar-refractivity contribution in [3.8, 4) is 0 Å². The van der Waals surface area contributed by atoms with Crippen LogP contribution in [0.1, 0.15) is 0 Å². The van der Waals surface area contributed by atoms with Gasteiger partial charge >= 0.3 is 6.43 Å². The highest BCUT2D eigenvalue weighted by Gasteiger charge is 2.08. The monoisotopic (exact) mass is 286 g/mol. The van der Waals surface area contributed by atoms with Gasteiger partial charge in [-0.3, -0.25) is 4.79 Å². The van der Waals surface area contributed by atoms with Crippen molar-refractivity contribution < 1.29 is 13.6 Å². The molecule has 0 amide bonds. The summed E-state index contributed by atoms with van der Waals surface area (Å²) in [6, 6.07) is 0. The van der Waals surface area contributed by atoms with Gasteiger partial charge in [0.15, 0.2) is 0 Å². The molecule has 0 atom stereocenters. The Morgan fingerprint density at radius 1 is 1.57 bits per heavy atom. The molecule has 44 valence electrons. The van der Waals surface area contributed by atoms with Crippen LogP contribution in [-0.4, -0.2) is 10.2 Å². The highest BCUT2D eigenvalue weighted by Crippen LogP contribution is 1.98. The zero-order chi connectivity index (χ0) is 5.15. The zero-order valence-corrected chi connectivity index (χ0v) is 6.90. The maximum Gasteiger partial charge on any atom is 0.305 e. The van der Waals surface area contributed by atoms with Crippen molar-refractivity contribution in [1.82, 2.24) is 0 Å². The molecule has 0 aliphatic rings. The minimum absolute atomic E-state index is 0. The van der Waals surface area contributed by atoms with E-state index in [-0.39, 0.29) is 17.0 Å². The summed E-state index contributed by atoms with van der Waals surface area (Å²) in [5.41, 5.74) is 0. The first-order valence-corrected chi connectivity index (χ1v) is 2.20. The van der Waals surface area contributed by atoms with Crippen molar-refractivity contribution in [3.05, 3.63) is 0 Å². The van der Waals surface area contributed by atoms with Crippen LogP contribution in [0, 0.1) is 0 Å². The SMILES string of the molecule is Br.O=C(I)C(F)F. The highest BCUT2D eigenvalue weighted by molar-refractivity contribution is 14.1. The van der Waals surface area contributed by atoms with Gasteiger partial charge in [0, 0.05) is 22.6 Å². The van der Waals surface area contributed by atoms with Crippen LogP contribution in [0.15, 0.2) is 0 Å². The van der Waals surface area contributed by atoms with Crippen LogP contribution in [0.5, 0.6) is 0 Å². The lowest BCUT2D eigenvalue weighted by Crippen LogP contribution is -1.97. The molecule has 0 aromatic rings. The van der Waals surface area contributed by atoms with Gasteiger partial charge < -0.3 is 0 Å². The molecule has 7 heavy (non-hydrogen) atoms. The average Bonchev–Trinajstić information content (AvgIpc) is 1.36. The van der Waals surface area contributed by atoms with Gasteiger partial charge in [-0.2, -0.15) is 0 Å². The van der Waals surface area contributed by atoms with Crippen molar-refractivity contribution >= 4 is 43.4 Å². The summed E-state index contributed by atoms with van der Waals surface area (Å²) in [5, 5.41) is 0. The van der Waals surface area contributed by atoms with E-state index in [1.807, 2.05) is 0 Å². The van der Waals surface area contributed by atoms with Gasteiger partial charge in [0.25, 0.3) is 3.79 Å². The third-order valence-corrected chi connectivity index (χ3v) is 0.642. The van der Waals surface area contributed by atoms with Crippen LogP contribution >= 0.6 is 39.6 Å². The standard InChI is InChI=1S/C2HF2IO.BrH/c3-1(4)2(5)6;/h1H;1H. The van der Waals surface area contributed by atoms with Crippen LogP contribution in [0.25, 0.3) is 0 Å². The molecule has 0 bridgehead atoms. The Hall–Kier alpha value is 0.740. The molecule has 0 aromatic carbocycles. The molecular weight excluding hydrogens is 285 g/mol. The Balaban J connectivity index is 0. The van der Waals surface area contributed by atoms with Gasteiger partial charge in [0.2, 0.25) is 0 Å². The molecule has 0 spiro atoms. The normalized spacial score (nSPS) is 8.00. The van der Waals surface area contributed by atoms with Crippen molar-refractivity contribution in [2.75, 3.05) is 0 Å². The molecule has 0 fully saturated rings. The van der Waals surface area contributed by atoms with Crippen molar-refractivity contribution in [3.63, 3.8) is 0 Å². The third kappa shape index (κ3) is 6.74. The first-order valence-electron chi connectivity index (χ1n) is 1.12. The Morgan fingerprint density at radius 3 is 1.71 bits per heavy atom. The number of rotatable bonds is 1. The molecular formula is C2H2BrF2IO. The molecule has 0 radical (unpaired) electrons. The summed E-state index contributed by atoms with van der Waals surface area (Å²) in [4.78, 5) is 9.38. The van der Waals surface area contributed by atoms with Gasteiger partial charge in [-0.05, 0) is 0 Å². The molecule has 0 heterocycles. The Bertz CT molecular complexity index is 66.7. The lowest BCUT2D eigenvalue weighted by molar-refractivity contribution is -0.118. The van der Waals surface area contributed by atoms with Crippen LogP contribution in [0.2, 0.25) is 0 Å². The topological polar surface area (TPSA) is 17.1 Å². The lowest BCUT2D eigenvalue weighted by atomic mass is 10.8. The summed E-state index contributed by atoms with van der Waals surface area (Å²) in [5.74, 6) is 0. The van der Waals surface area contributed by atoms with Gasteiger partial charge in [0.05, 0.1) is 0 Å². The minimum atomic E-state index is -2.80. The van der Waals surface area contributed by atoms with E-state index in [1.54, 1.807) is 0 Å². The quantitative estimate of drug-likeness (QED) is 0.531. The summed E-state index contributed by atoms with van der Waals surface area (Å²) in [7, 11) is 0.